The Morgan fingerprint density at radius 1 is 1.37 bits per heavy atom. The summed E-state index contributed by atoms with van der Waals surface area (Å²) in [5, 5.41) is 11.0. The number of nitrogens with zero attached hydrogens (tertiary/aromatic N) is 2. The molecule has 2 aromatic rings. The minimum atomic E-state index is 0.0685. The van der Waals surface area contributed by atoms with Crippen LogP contribution in [0.15, 0.2) is 28.7 Å². The highest BCUT2D eigenvalue weighted by molar-refractivity contribution is 5.27. The number of hydrogen-bond acceptors (Lipinski definition) is 5. The first kappa shape index (κ1) is 13.5. The Hall–Kier alpha value is -1.88. The number of ether oxygens (including phenoxy) is 1. The van der Waals surface area contributed by atoms with Crippen molar-refractivity contribution in [1.82, 2.24) is 15.5 Å². The average molecular weight is 261 g/mol. The van der Waals surface area contributed by atoms with Gasteiger partial charge in [0, 0.05) is 0 Å². The molecular formula is C14H19N3O2. The molecule has 1 aromatic heterocycles. The van der Waals surface area contributed by atoms with E-state index in [1.807, 2.05) is 45.2 Å². The van der Waals surface area contributed by atoms with Crippen LogP contribution in [0.1, 0.15) is 30.3 Å². The predicted molar refractivity (Wildman–Crippen MR) is 72.2 cm³/mol. The molecule has 0 aliphatic rings. The molecule has 0 bridgehead atoms. The zero-order valence-corrected chi connectivity index (χ0v) is 11.5. The number of aryl methyl sites for hydroxylation is 1. The van der Waals surface area contributed by atoms with Gasteiger partial charge in [-0.1, -0.05) is 12.1 Å². The van der Waals surface area contributed by atoms with Crippen molar-refractivity contribution >= 4 is 0 Å². The number of nitrogens with one attached hydrogen (secondary N) is 1. The van der Waals surface area contributed by atoms with E-state index in [1.54, 1.807) is 0 Å². The van der Waals surface area contributed by atoms with E-state index in [0.29, 0.717) is 24.8 Å². The van der Waals surface area contributed by atoms with Gasteiger partial charge < -0.3 is 14.5 Å². The van der Waals surface area contributed by atoms with Crippen molar-refractivity contribution in [1.29, 1.82) is 0 Å². The molecule has 0 saturated heterocycles. The van der Waals surface area contributed by atoms with Gasteiger partial charge in [-0.2, -0.15) is 0 Å². The van der Waals surface area contributed by atoms with Gasteiger partial charge in [-0.25, -0.2) is 0 Å². The lowest BCUT2D eigenvalue weighted by Gasteiger charge is -2.05. The summed E-state index contributed by atoms with van der Waals surface area (Å²) in [6.07, 6.45) is 0.609. The highest BCUT2D eigenvalue weighted by atomic mass is 16.5. The van der Waals surface area contributed by atoms with Gasteiger partial charge in [0.1, 0.15) is 5.75 Å². The van der Waals surface area contributed by atoms with Crippen LogP contribution >= 0.6 is 0 Å². The largest absolute Gasteiger partial charge is 0.493 e. The number of rotatable bonds is 6. The monoisotopic (exact) mass is 261 g/mol. The SMILES string of the molecule is CNC(C)c1nnc(CCOc2cccc(C)c2)o1. The topological polar surface area (TPSA) is 60.2 Å². The minimum absolute atomic E-state index is 0.0685. The van der Waals surface area contributed by atoms with Crippen LogP contribution in [0.25, 0.3) is 0 Å². The summed E-state index contributed by atoms with van der Waals surface area (Å²) in [5.74, 6) is 2.07. The summed E-state index contributed by atoms with van der Waals surface area (Å²) in [4.78, 5) is 0. The van der Waals surface area contributed by atoms with Gasteiger partial charge in [-0.3, -0.25) is 0 Å². The van der Waals surface area contributed by atoms with Crippen molar-refractivity contribution in [2.45, 2.75) is 26.3 Å². The first-order valence-electron chi connectivity index (χ1n) is 6.38. The fourth-order valence-electron chi connectivity index (χ4n) is 1.63. The fraction of sp³-hybridized carbons (Fsp3) is 0.429. The van der Waals surface area contributed by atoms with Crippen LogP contribution in [0.5, 0.6) is 5.75 Å². The van der Waals surface area contributed by atoms with Crippen molar-refractivity contribution in [2.75, 3.05) is 13.7 Å². The summed E-state index contributed by atoms with van der Waals surface area (Å²) in [6.45, 7) is 4.54. The zero-order chi connectivity index (χ0) is 13.7. The van der Waals surface area contributed by atoms with Gasteiger partial charge in [0.25, 0.3) is 0 Å². The standard InChI is InChI=1S/C14H19N3O2/c1-10-5-4-6-12(9-10)18-8-7-13-16-17-14(19-13)11(2)15-3/h4-6,9,11,15H,7-8H2,1-3H3. The average Bonchev–Trinajstić information content (AvgIpc) is 2.87. The molecule has 1 atom stereocenters. The summed E-state index contributed by atoms with van der Waals surface area (Å²) >= 11 is 0. The molecular weight excluding hydrogens is 242 g/mol. The van der Waals surface area contributed by atoms with Crippen LogP contribution in [-0.2, 0) is 6.42 Å². The molecule has 2 rings (SSSR count). The lowest BCUT2D eigenvalue weighted by atomic mass is 10.2. The Morgan fingerprint density at radius 2 is 2.21 bits per heavy atom. The highest BCUT2D eigenvalue weighted by Gasteiger charge is 2.11. The molecule has 0 radical (unpaired) electrons. The second kappa shape index (κ2) is 6.33. The lowest BCUT2D eigenvalue weighted by molar-refractivity contribution is 0.301. The molecule has 102 valence electrons. The van der Waals surface area contributed by atoms with Crippen molar-refractivity contribution in [3.05, 3.63) is 41.6 Å². The van der Waals surface area contributed by atoms with Crippen LogP contribution in [-0.4, -0.2) is 23.9 Å². The quantitative estimate of drug-likeness (QED) is 0.864. The molecule has 0 fully saturated rings. The molecule has 19 heavy (non-hydrogen) atoms. The Morgan fingerprint density at radius 3 is 2.95 bits per heavy atom. The van der Waals surface area contributed by atoms with E-state index >= 15 is 0 Å². The van der Waals surface area contributed by atoms with E-state index in [0.717, 1.165) is 5.75 Å². The van der Waals surface area contributed by atoms with Gasteiger partial charge >= 0.3 is 0 Å². The van der Waals surface area contributed by atoms with Gasteiger partial charge in [-0.05, 0) is 38.6 Å². The summed E-state index contributed by atoms with van der Waals surface area (Å²) < 4.78 is 11.2. The van der Waals surface area contributed by atoms with Gasteiger partial charge in [-0.15, -0.1) is 10.2 Å². The smallest absolute Gasteiger partial charge is 0.233 e. The van der Waals surface area contributed by atoms with Gasteiger partial charge in [0.15, 0.2) is 0 Å². The van der Waals surface area contributed by atoms with E-state index in [4.69, 9.17) is 9.15 Å². The Bertz CT molecular complexity index is 525. The van der Waals surface area contributed by atoms with Crippen LogP contribution in [0.3, 0.4) is 0 Å². The lowest BCUT2D eigenvalue weighted by Crippen LogP contribution is -2.12. The molecule has 5 nitrogen and oxygen atoms in total. The normalized spacial score (nSPS) is 12.4. The van der Waals surface area contributed by atoms with E-state index < -0.39 is 0 Å². The summed E-state index contributed by atoms with van der Waals surface area (Å²) in [5.41, 5.74) is 1.18. The minimum Gasteiger partial charge on any atom is -0.493 e. The maximum Gasteiger partial charge on any atom is 0.233 e. The molecule has 0 amide bonds. The van der Waals surface area contributed by atoms with Crippen molar-refractivity contribution < 1.29 is 9.15 Å². The third-order valence-electron chi connectivity index (χ3n) is 2.86. The van der Waals surface area contributed by atoms with Gasteiger partial charge in [0.05, 0.1) is 19.1 Å². The van der Waals surface area contributed by atoms with Gasteiger partial charge in [0.2, 0.25) is 11.8 Å². The maximum atomic E-state index is 5.64. The third kappa shape index (κ3) is 3.79. The second-order valence-corrected chi connectivity index (χ2v) is 4.46. The molecule has 0 spiro atoms. The molecule has 1 unspecified atom stereocenters. The van der Waals surface area contributed by atoms with Crippen molar-refractivity contribution in [3.63, 3.8) is 0 Å². The number of hydrogen-bond donors (Lipinski definition) is 1. The van der Waals surface area contributed by atoms with E-state index in [2.05, 4.69) is 15.5 Å². The van der Waals surface area contributed by atoms with Crippen LogP contribution in [0.2, 0.25) is 0 Å². The number of aromatic nitrogens is 2. The molecule has 1 N–H and O–H groups in total. The predicted octanol–water partition coefficient (Wildman–Crippen LogP) is 2.28. The van der Waals surface area contributed by atoms with Crippen LogP contribution in [0, 0.1) is 6.92 Å². The summed E-state index contributed by atoms with van der Waals surface area (Å²) in [6, 6.07) is 8.02. The zero-order valence-electron chi connectivity index (χ0n) is 11.5. The molecule has 5 heteroatoms. The first-order valence-corrected chi connectivity index (χ1v) is 6.38. The Labute approximate surface area is 113 Å². The van der Waals surface area contributed by atoms with Crippen molar-refractivity contribution in [2.24, 2.45) is 0 Å². The molecule has 0 aliphatic heterocycles. The highest BCUT2D eigenvalue weighted by Crippen LogP contribution is 2.13. The molecule has 1 heterocycles. The maximum absolute atomic E-state index is 5.64. The van der Waals surface area contributed by atoms with E-state index in [9.17, 15) is 0 Å². The fourth-order valence-corrected chi connectivity index (χ4v) is 1.63. The van der Waals surface area contributed by atoms with Crippen LogP contribution < -0.4 is 10.1 Å². The van der Waals surface area contributed by atoms with Crippen molar-refractivity contribution in [3.8, 4) is 5.75 Å². The molecule has 0 saturated carbocycles. The number of benzene rings is 1. The molecule has 1 aromatic carbocycles. The second-order valence-electron chi connectivity index (χ2n) is 4.46. The van der Waals surface area contributed by atoms with E-state index in [-0.39, 0.29) is 6.04 Å². The van der Waals surface area contributed by atoms with E-state index in [1.165, 1.54) is 5.56 Å². The van der Waals surface area contributed by atoms with Crippen LogP contribution in [0.4, 0.5) is 0 Å². The Balaban J connectivity index is 1.84. The molecule has 0 aliphatic carbocycles. The Kier molecular flexibility index (Phi) is 4.52. The first-order chi connectivity index (χ1) is 9.19. The third-order valence-corrected chi connectivity index (χ3v) is 2.86. The summed E-state index contributed by atoms with van der Waals surface area (Å²) in [7, 11) is 1.86.